The Morgan fingerprint density at radius 2 is 2.31 bits per heavy atom. The first-order chi connectivity index (χ1) is 6.34. The van der Waals surface area contributed by atoms with Gasteiger partial charge >= 0.3 is 0 Å². The summed E-state index contributed by atoms with van der Waals surface area (Å²) >= 11 is 0. The molecule has 0 aliphatic carbocycles. The zero-order valence-corrected chi connectivity index (χ0v) is 8.00. The number of aliphatic hydroxyl groups excluding tert-OH is 1. The lowest BCUT2D eigenvalue weighted by atomic mass is 10.2. The fourth-order valence-electron chi connectivity index (χ4n) is 2.00. The molecule has 4 heteroatoms. The molecule has 1 atom stereocenters. The highest BCUT2D eigenvalue weighted by molar-refractivity contribution is 4.80. The van der Waals surface area contributed by atoms with Gasteiger partial charge in [-0.3, -0.25) is 4.90 Å². The lowest BCUT2D eigenvalue weighted by Gasteiger charge is -2.36. The molecule has 0 spiro atoms. The number of likely N-dealkylation sites (tertiary alicyclic amines) is 1. The van der Waals surface area contributed by atoms with E-state index in [0.29, 0.717) is 6.04 Å². The van der Waals surface area contributed by atoms with E-state index in [1.807, 2.05) is 0 Å². The molecule has 0 saturated carbocycles. The first-order valence-corrected chi connectivity index (χ1v) is 5.19. The molecule has 0 aromatic carbocycles. The molecule has 0 bridgehead atoms. The zero-order chi connectivity index (χ0) is 9.10. The van der Waals surface area contributed by atoms with Crippen LogP contribution in [-0.4, -0.2) is 55.0 Å². The number of rotatable bonds is 4. The Labute approximate surface area is 79.3 Å². The maximum atomic E-state index is 9.05. The molecule has 2 aliphatic heterocycles. The van der Waals surface area contributed by atoms with Crippen LogP contribution in [0.4, 0.5) is 0 Å². The summed E-state index contributed by atoms with van der Waals surface area (Å²) < 4.78 is 0. The molecular formula is C9H19N3O. The van der Waals surface area contributed by atoms with Crippen molar-refractivity contribution in [2.24, 2.45) is 0 Å². The van der Waals surface area contributed by atoms with Gasteiger partial charge in [0, 0.05) is 32.3 Å². The second-order valence-electron chi connectivity index (χ2n) is 4.10. The SMILES string of the molecule is OC1CN(CNCC2CCCN2)C1. The molecule has 0 amide bonds. The van der Waals surface area contributed by atoms with Crippen LogP contribution in [-0.2, 0) is 0 Å². The summed E-state index contributed by atoms with van der Waals surface area (Å²) in [6.45, 7) is 4.84. The van der Waals surface area contributed by atoms with Gasteiger partial charge in [-0.25, -0.2) is 0 Å². The molecule has 4 nitrogen and oxygen atoms in total. The predicted octanol–water partition coefficient (Wildman–Crippen LogP) is -1.04. The van der Waals surface area contributed by atoms with E-state index < -0.39 is 0 Å². The van der Waals surface area contributed by atoms with Crippen LogP contribution in [0.15, 0.2) is 0 Å². The molecule has 3 N–H and O–H groups in total. The van der Waals surface area contributed by atoms with Gasteiger partial charge in [-0.05, 0) is 19.4 Å². The minimum absolute atomic E-state index is 0.0774. The summed E-state index contributed by atoms with van der Waals surface area (Å²) in [6, 6.07) is 0.672. The average Bonchev–Trinajstić information content (AvgIpc) is 2.53. The van der Waals surface area contributed by atoms with Gasteiger partial charge in [-0.15, -0.1) is 0 Å². The monoisotopic (exact) mass is 185 g/mol. The molecule has 2 saturated heterocycles. The van der Waals surface area contributed by atoms with Crippen LogP contribution in [0.3, 0.4) is 0 Å². The molecule has 0 aromatic heterocycles. The Kier molecular flexibility index (Phi) is 3.16. The number of hydrogen-bond donors (Lipinski definition) is 3. The lowest BCUT2D eigenvalue weighted by Crippen LogP contribution is -2.54. The standard InChI is InChI=1S/C9H19N3O/c13-9-5-12(6-9)7-10-4-8-2-1-3-11-8/h8-11,13H,1-7H2. The largest absolute Gasteiger partial charge is 0.390 e. The Morgan fingerprint density at radius 1 is 1.46 bits per heavy atom. The summed E-state index contributed by atoms with van der Waals surface area (Å²) in [5.74, 6) is 0. The van der Waals surface area contributed by atoms with Crippen molar-refractivity contribution in [3.8, 4) is 0 Å². The van der Waals surface area contributed by atoms with Gasteiger partial charge in [0.15, 0.2) is 0 Å². The van der Waals surface area contributed by atoms with Gasteiger partial charge in [-0.1, -0.05) is 0 Å². The van der Waals surface area contributed by atoms with E-state index in [1.54, 1.807) is 0 Å². The van der Waals surface area contributed by atoms with Crippen LogP contribution in [0.25, 0.3) is 0 Å². The molecule has 2 aliphatic rings. The maximum Gasteiger partial charge on any atom is 0.0794 e. The van der Waals surface area contributed by atoms with Crippen molar-refractivity contribution in [2.45, 2.75) is 25.0 Å². The summed E-state index contributed by atoms with van der Waals surface area (Å²) in [5.41, 5.74) is 0. The van der Waals surface area contributed by atoms with Crippen molar-refractivity contribution in [1.29, 1.82) is 0 Å². The lowest BCUT2D eigenvalue weighted by molar-refractivity contribution is -0.00251. The number of hydrogen-bond acceptors (Lipinski definition) is 4. The highest BCUT2D eigenvalue weighted by atomic mass is 16.3. The Morgan fingerprint density at radius 3 is 2.92 bits per heavy atom. The number of aliphatic hydroxyl groups is 1. The number of β-amino-alcohol motifs (C(OH)–C–C–N with tert-alkyl or cyclic N) is 1. The molecule has 2 fully saturated rings. The van der Waals surface area contributed by atoms with Gasteiger partial charge in [0.1, 0.15) is 0 Å². The van der Waals surface area contributed by atoms with Crippen LogP contribution in [0.5, 0.6) is 0 Å². The molecule has 0 radical (unpaired) electrons. The summed E-state index contributed by atoms with van der Waals surface area (Å²) in [4.78, 5) is 2.22. The molecule has 1 unspecified atom stereocenters. The van der Waals surface area contributed by atoms with Crippen molar-refractivity contribution in [1.82, 2.24) is 15.5 Å². The van der Waals surface area contributed by atoms with Crippen molar-refractivity contribution in [3.63, 3.8) is 0 Å². The summed E-state index contributed by atoms with van der Waals surface area (Å²) in [7, 11) is 0. The van der Waals surface area contributed by atoms with Gasteiger partial charge in [0.2, 0.25) is 0 Å². The van der Waals surface area contributed by atoms with Gasteiger partial charge in [0.05, 0.1) is 6.10 Å². The molecule has 13 heavy (non-hydrogen) atoms. The van der Waals surface area contributed by atoms with E-state index >= 15 is 0 Å². The highest BCUT2D eigenvalue weighted by Crippen LogP contribution is 2.06. The van der Waals surface area contributed by atoms with E-state index in [2.05, 4.69) is 15.5 Å². The van der Waals surface area contributed by atoms with Crippen molar-refractivity contribution >= 4 is 0 Å². The third-order valence-corrected chi connectivity index (χ3v) is 2.83. The van der Waals surface area contributed by atoms with Crippen molar-refractivity contribution in [3.05, 3.63) is 0 Å². The number of nitrogens with zero attached hydrogens (tertiary/aromatic N) is 1. The fourth-order valence-corrected chi connectivity index (χ4v) is 2.00. The zero-order valence-electron chi connectivity index (χ0n) is 8.00. The van der Waals surface area contributed by atoms with E-state index in [4.69, 9.17) is 5.11 Å². The fraction of sp³-hybridized carbons (Fsp3) is 1.00. The van der Waals surface area contributed by atoms with Crippen molar-refractivity contribution < 1.29 is 5.11 Å². The second-order valence-corrected chi connectivity index (χ2v) is 4.10. The van der Waals surface area contributed by atoms with Gasteiger partial charge < -0.3 is 15.7 Å². The van der Waals surface area contributed by atoms with E-state index in [9.17, 15) is 0 Å². The third-order valence-electron chi connectivity index (χ3n) is 2.83. The van der Waals surface area contributed by atoms with Crippen LogP contribution in [0.2, 0.25) is 0 Å². The van der Waals surface area contributed by atoms with Crippen LogP contribution < -0.4 is 10.6 Å². The molecule has 2 heterocycles. The van der Waals surface area contributed by atoms with Gasteiger partial charge in [-0.2, -0.15) is 0 Å². The van der Waals surface area contributed by atoms with E-state index in [0.717, 1.165) is 26.3 Å². The van der Waals surface area contributed by atoms with Gasteiger partial charge in [0.25, 0.3) is 0 Å². The Bertz CT molecular complexity index is 153. The van der Waals surface area contributed by atoms with Crippen LogP contribution in [0.1, 0.15) is 12.8 Å². The predicted molar refractivity (Wildman–Crippen MR) is 51.5 cm³/mol. The van der Waals surface area contributed by atoms with Crippen LogP contribution >= 0.6 is 0 Å². The normalized spacial score (nSPS) is 30.7. The molecule has 2 rings (SSSR count). The first-order valence-electron chi connectivity index (χ1n) is 5.19. The van der Waals surface area contributed by atoms with E-state index in [-0.39, 0.29) is 6.10 Å². The molecule has 76 valence electrons. The molecular weight excluding hydrogens is 166 g/mol. The highest BCUT2D eigenvalue weighted by Gasteiger charge is 2.23. The second kappa shape index (κ2) is 4.37. The average molecular weight is 185 g/mol. The minimum Gasteiger partial charge on any atom is -0.390 e. The Balaban J connectivity index is 1.49. The minimum atomic E-state index is -0.0774. The maximum absolute atomic E-state index is 9.05. The van der Waals surface area contributed by atoms with E-state index in [1.165, 1.54) is 19.4 Å². The summed E-state index contributed by atoms with van der Waals surface area (Å²) in [5, 5.41) is 15.9. The quantitative estimate of drug-likeness (QED) is 0.524. The van der Waals surface area contributed by atoms with Crippen molar-refractivity contribution in [2.75, 3.05) is 32.8 Å². The first kappa shape index (κ1) is 9.40. The van der Waals surface area contributed by atoms with Crippen LogP contribution in [0, 0.1) is 0 Å². The topological polar surface area (TPSA) is 47.5 Å². The third kappa shape index (κ3) is 2.64. The Hall–Kier alpha value is -0.160. The smallest absolute Gasteiger partial charge is 0.0794 e. The number of nitrogens with one attached hydrogen (secondary N) is 2. The molecule has 0 aromatic rings. The summed E-state index contributed by atoms with van der Waals surface area (Å²) in [6.07, 6.45) is 2.54.